The lowest BCUT2D eigenvalue weighted by molar-refractivity contribution is -0.140. The van der Waals surface area contributed by atoms with E-state index < -0.39 is 18.1 Å². The number of alkyl carbamates (subject to hydrolysis) is 1. The lowest BCUT2D eigenvalue weighted by Crippen LogP contribution is -2.45. The fourth-order valence-corrected chi connectivity index (χ4v) is 2.56. The number of amides is 1. The van der Waals surface area contributed by atoms with Gasteiger partial charge in [0.25, 0.3) is 0 Å². The molecule has 1 aromatic carbocycles. The average molecular weight is 277 g/mol. The van der Waals surface area contributed by atoms with Crippen LogP contribution in [0.4, 0.5) is 4.79 Å². The molecule has 20 heavy (non-hydrogen) atoms. The van der Waals surface area contributed by atoms with E-state index in [1.807, 2.05) is 30.3 Å². The van der Waals surface area contributed by atoms with E-state index in [4.69, 9.17) is 4.74 Å². The second kappa shape index (κ2) is 6.93. The Morgan fingerprint density at radius 3 is 2.50 bits per heavy atom. The molecule has 1 aliphatic carbocycles. The average Bonchev–Trinajstić information content (AvgIpc) is 2.97. The second-order valence-electron chi connectivity index (χ2n) is 5.07. The highest BCUT2D eigenvalue weighted by atomic mass is 16.5. The fourth-order valence-electron chi connectivity index (χ4n) is 2.56. The quantitative estimate of drug-likeness (QED) is 0.867. The summed E-state index contributed by atoms with van der Waals surface area (Å²) in [5.41, 5.74) is 0.871. The molecule has 0 heterocycles. The van der Waals surface area contributed by atoms with Crippen LogP contribution in [0.5, 0.6) is 0 Å². The van der Waals surface area contributed by atoms with Crippen LogP contribution in [0.3, 0.4) is 0 Å². The molecular weight excluding hydrogens is 258 g/mol. The van der Waals surface area contributed by atoms with Gasteiger partial charge < -0.3 is 15.2 Å². The van der Waals surface area contributed by atoms with Gasteiger partial charge >= 0.3 is 12.1 Å². The third-order valence-electron chi connectivity index (χ3n) is 3.62. The summed E-state index contributed by atoms with van der Waals surface area (Å²) in [6.45, 7) is 0.143. The summed E-state index contributed by atoms with van der Waals surface area (Å²) in [5.74, 6) is -0.981. The van der Waals surface area contributed by atoms with Crippen molar-refractivity contribution in [1.82, 2.24) is 5.32 Å². The van der Waals surface area contributed by atoms with Crippen molar-refractivity contribution in [1.29, 1.82) is 0 Å². The van der Waals surface area contributed by atoms with E-state index >= 15 is 0 Å². The minimum Gasteiger partial charge on any atom is -0.480 e. The Labute approximate surface area is 117 Å². The summed E-state index contributed by atoms with van der Waals surface area (Å²) in [6, 6.07) is 8.44. The van der Waals surface area contributed by atoms with Crippen molar-refractivity contribution in [3.63, 3.8) is 0 Å². The smallest absolute Gasteiger partial charge is 0.408 e. The highest BCUT2D eigenvalue weighted by Crippen LogP contribution is 2.27. The van der Waals surface area contributed by atoms with Crippen molar-refractivity contribution in [2.45, 2.75) is 38.3 Å². The van der Waals surface area contributed by atoms with Gasteiger partial charge in [0.2, 0.25) is 0 Å². The summed E-state index contributed by atoms with van der Waals surface area (Å²) in [4.78, 5) is 22.9. The first kappa shape index (κ1) is 14.4. The number of aliphatic carboxylic acids is 1. The normalized spacial score (nSPS) is 16.6. The summed E-state index contributed by atoms with van der Waals surface area (Å²) in [5, 5.41) is 11.7. The zero-order chi connectivity index (χ0) is 14.4. The van der Waals surface area contributed by atoms with E-state index in [0.717, 1.165) is 31.2 Å². The number of rotatable bonds is 5. The first-order valence-electron chi connectivity index (χ1n) is 6.87. The van der Waals surface area contributed by atoms with Gasteiger partial charge in [0, 0.05) is 0 Å². The first-order valence-corrected chi connectivity index (χ1v) is 6.87. The fraction of sp³-hybridized carbons (Fsp3) is 0.467. The standard InChI is InChI=1S/C15H19NO4/c17-14(18)13(12-8-4-5-9-12)16-15(19)20-10-11-6-2-1-3-7-11/h1-3,6-7,12-13H,4-5,8-10H2,(H,16,19)(H,17,18). The van der Waals surface area contributed by atoms with E-state index in [-0.39, 0.29) is 12.5 Å². The molecule has 0 radical (unpaired) electrons. The van der Waals surface area contributed by atoms with Crippen molar-refractivity contribution in [3.05, 3.63) is 35.9 Å². The van der Waals surface area contributed by atoms with Crippen molar-refractivity contribution < 1.29 is 19.4 Å². The van der Waals surface area contributed by atoms with Crippen LogP contribution in [0, 0.1) is 5.92 Å². The third-order valence-corrected chi connectivity index (χ3v) is 3.62. The van der Waals surface area contributed by atoms with Crippen LogP contribution in [-0.4, -0.2) is 23.2 Å². The number of hydrogen-bond donors (Lipinski definition) is 2. The van der Waals surface area contributed by atoms with E-state index in [0.29, 0.717) is 0 Å². The minimum absolute atomic E-state index is 0.0109. The van der Waals surface area contributed by atoms with Gasteiger partial charge in [0.15, 0.2) is 0 Å². The largest absolute Gasteiger partial charge is 0.480 e. The number of carboxylic acids is 1. The Hall–Kier alpha value is -2.04. The minimum atomic E-state index is -0.992. The summed E-state index contributed by atoms with van der Waals surface area (Å²) in [6.07, 6.45) is 3.06. The number of hydrogen-bond acceptors (Lipinski definition) is 3. The molecule has 2 rings (SSSR count). The van der Waals surface area contributed by atoms with Crippen molar-refractivity contribution in [2.24, 2.45) is 5.92 Å². The molecule has 1 unspecified atom stereocenters. The van der Waals surface area contributed by atoms with Crippen molar-refractivity contribution >= 4 is 12.1 Å². The summed E-state index contributed by atoms with van der Waals surface area (Å²) < 4.78 is 5.05. The van der Waals surface area contributed by atoms with Gasteiger partial charge in [-0.3, -0.25) is 0 Å². The van der Waals surface area contributed by atoms with Crippen LogP contribution in [-0.2, 0) is 16.1 Å². The molecule has 1 saturated carbocycles. The molecule has 1 aromatic rings. The van der Waals surface area contributed by atoms with Gasteiger partial charge in [0.1, 0.15) is 12.6 Å². The Kier molecular flexibility index (Phi) is 4.98. The van der Waals surface area contributed by atoms with Crippen LogP contribution in [0.25, 0.3) is 0 Å². The molecule has 0 aliphatic heterocycles. The predicted octanol–water partition coefficient (Wildman–Crippen LogP) is 2.56. The number of carboxylic acid groups (broad SMARTS) is 1. The molecule has 108 valence electrons. The number of carbonyl (C=O) groups excluding carboxylic acids is 1. The maximum absolute atomic E-state index is 11.7. The maximum atomic E-state index is 11.7. The maximum Gasteiger partial charge on any atom is 0.408 e. The van der Waals surface area contributed by atoms with Crippen molar-refractivity contribution in [2.75, 3.05) is 0 Å². The predicted molar refractivity (Wildman–Crippen MR) is 73.1 cm³/mol. The lowest BCUT2D eigenvalue weighted by atomic mass is 9.98. The summed E-state index contributed by atoms with van der Waals surface area (Å²) >= 11 is 0. The van der Waals surface area contributed by atoms with Gasteiger partial charge in [-0.1, -0.05) is 43.2 Å². The highest BCUT2D eigenvalue weighted by Gasteiger charge is 2.32. The zero-order valence-corrected chi connectivity index (χ0v) is 11.2. The van der Waals surface area contributed by atoms with Crippen LogP contribution in [0.1, 0.15) is 31.2 Å². The molecule has 1 aliphatic rings. The van der Waals surface area contributed by atoms with E-state index in [1.54, 1.807) is 0 Å². The van der Waals surface area contributed by atoms with Crippen LogP contribution in [0.15, 0.2) is 30.3 Å². The topological polar surface area (TPSA) is 75.6 Å². The molecule has 0 saturated heterocycles. The molecule has 1 amide bonds. The Morgan fingerprint density at radius 2 is 1.90 bits per heavy atom. The number of carbonyl (C=O) groups is 2. The Morgan fingerprint density at radius 1 is 1.25 bits per heavy atom. The second-order valence-corrected chi connectivity index (χ2v) is 5.07. The van der Waals surface area contributed by atoms with Gasteiger partial charge in [-0.05, 0) is 24.3 Å². The molecule has 2 N–H and O–H groups in total. The first-order chi connectivity index (χ1) is 9.66. The number of nitrogens with one attached hydrogen (secondary N) is 1. The molecule has 1 atom stereocenters. The highest BCUT2D eigenvalue weighted by molar-refractivity contribution is 5.80. The van der Waals surface area contributed by atoms with E-state index in [2.05, 4.69) is 5.32 Å². The molecule has 1 fully saturated rings. The molecule has 0 spiro atoms. The molecule has 0 bridgehead atoms. The van der Waals surface area contributed by atoms with Gasteiger partial charge in [-0.25, -0.2) is 9.59 Å². The van der Waals surface area contributed by atoms with Crippen LogP contribution in [0.2, 0.25) is 0 Å². The van der Waals surface area contributed by atoms with Crippen LogP contribution >= 0.6 is 0 Å². The van der Waals surface area contributed by atoms with Gasteiger partial charge in [0.05, 0.1) is 0 Å². The molecule has 5 heteroatoms. The third kappa shape index (κ3) is 3.98. The van der Waals surface area contributed by atoms with Crippen LogP contribution < -0.4 is 5.32 Å². The lowest BCUT2D eigenvalue weighted by Gasteiger charge is -2.20. The Bertz CT molecular complexity index is 454. The Balaban J connectivity index is 1.84. The van der Waals surface area contributed by atoms with Gasteiger partial charge in [-0.15, -0.1) is 0 Å². The summed E-state index contributed by atoms with van der Waals surface area (Å²) in [7, 11) is 0. The molecule has 0 aromatic heterocycles. The van der Waals surface area contributed by atoms with Crippen molar-refractivity contribution in [3.8, 4) is 0 Å². The van der Waals surface area contributed by atoms with Gasteiger partial charge in [-0.2, -0.15) is 0 Å². The SMILES string of the molecule is O=C(NC(C(=O)O)C1CCCC1)OCc1ccccc1. The number of ether oxygens (including phenoxy) is 1. The monoisotopic (exact) mass is 277 g/mol. The molecular formula is C15H19NO4. The molecule has 5 nitrogen and oxygen atoms in total. The van der Waals surface area contributed by atoms with E-state index in [9.17, 15) is 14.7 Å². The van der Waals surface area contributed by atoms with E-state index in [1.165, 1.54) is 0 Å². The zero-order valence-electron chi connectivity index (χ0n) is 11.2. The number of benzene rings is 1.